The first kappa shape index (κ1) is 12.2. The summed E-state index contributed by atoms with van der Waals surface area (Å²) in [6.07, 6.45) is 0. The van der Waals surface area contributed by atoms with E-state index in [9.17, 15) is 8.78 Å². The first-order valence-electron chi connectivity index (χ1n) is 5.23. The lowest BCUT2D eigenvalue weighted by atomic mass is 10.1. The maximum Gasteiger partial charge on any atom is 0.135 e. The van der Waals surface area contributed by atoms with E-state index in [0.29, 0.717) is 22.4 Å². The van der Waals surface area contributed by atoms with Gasteiger partial charge in [0.25, 0.3) is 0 Å². The number of halogens is 3. The first-order valence-corrected chi connectivity index (χ1v) is 6.02. The summed E-state index contributed by atoms with van der Waals surface area (Å²) >= 11 is 3.33. The molecule has 0 unspecified atom stereocenters. The van der Waals surface area contributed by atoms with Crippen molar-refractivity contribution in [2.45, 2.75) is 20.4 Å². The van der Waals surface area contributed by atoms with Crippen molar-refractivity contribution in [1.82, 2.24) is 9.78 Å². The van der Waals surface area contributed by atoms with Crippen LogP contribution >= 0.6 is 15.9 Å². The summed E-state index contributed by atoms with van der Waals surface area (Å²) in [7, 11) is 0. The van der Waals surface area contributed by atoms with Gasteiger partial charge in [0.1, 0.15) is 11.6 Å². The van der Waals surface area contributed by atoms with Crippen LogP contribution in [0, 0.1) is 18.6 Å². The molecule has 1 heterocycles. The van der Waals surface area contributed by atoms with Gasteiger partial charge in [-0.15, -0.1) is 0 Å². The molecule has 0 saturated carbocycles. The molecule has 0 N–H and O–H groups in total. The molecule has 17 heavy (non-hydrogen) atoms. The molecule has 0 atom stereocenters. The van der Waals surface area contributed by atoms with Gasteiger partial charge in [0.05, 0.1) is 21.4 Å². The molecule has 2 aromatic rings. The maximum atomic E-state index is 13.7. The second kappa shape index (κ2) is 4.56. The summed E-state index contributed by atoms with van der Waals surface area (Å²) in [5, 5.41) is 4.22. The minimum Gasteiger partial charge on any atom is -0.263 e. The molecule has 5 heteroatoms. The summed E-state index contributed by atoms with van der Waals surface area (Å²) in [4.78, 5) is 0. The van der Waals surface area contributed by atoms with Gasteiger partial charge in [-0.05, 0) is 41.9 Å². The highest BCUT2D eigenvalue weighted by Gasteiger charge is 2.20. The third-order valence-electron chi connectivity index (χ3n) is 2.55. The molecule has 0 saturated heterocycles. The largest absolute Gasteiger partial charge is 0.263 e. The molecule has 0 spiro atoms. The molecule has 0 aliphatic carbocycles. The highest BCUT2D eigenvalue weighted by Crippen LogP contribution is 2.34. The van der Waals surface area contributed by atoms with Gasteiger partial charge in [0.2, 0.25) is 0 Å². The summed E-state index contributed by atoms with van der Waals surface area (Å²) in [5.41, 5.74) is 1.12. The van der Waals surface area contributed by atoms with E-state index in [-0.39, 0.29) is 5.56 Å². The Morgan fingerprint density at radius 1 is 1.29 bits per heavy atom. The lowest BCUT2D eigenvalue weighted by Gasteiger charge is -2.07. The molecule has 2 nitrogen and oxygen atoms in total. The van der Waals surface area contributed by atoms with E-state index < -0.39 is 11.6 Å². The Morgan fingerprint density at radius 3 is 2.41 bits per heavy atom. The summed E-state index contributed by atoms with van der Waals surface area (Å²) in [5.74, 6) is -1.17. The van der Waals surface area contributed by atoms with Crippen LogP contribution in [-0.4, -0.2) is 9.78 Å². The van der Waals surface area contributed by atoms with Crippen molar-refractivity contribution in [3.8, 4) is 11.3 Å². The number of aromatic nitrogens is 2. The van der Waals surface area contributed by atoms with Crippen LogP contribution in [0.15, 0.2) is 22.7 Å². The number of benzene rings is 1. The van der Waals surface area contributed by atoms with E-state index in [1.165, 1.54) is 18.2 Å². The topological polar surface area (TPSA) is 17.8 Å². The second-order valence-electron chi connectivity index (χ2n) is 3.66. The molecular formula is C12H11BrF2N2. The minimum atomic E-state index is -0.583. The lowest BCUT2D eigenvalue weighted by Crippen LogP contribution is -2.02. The molecule has 0 aliphatic rings. The van der Waals surface area contributed by atoms with Gasteiger partial charge < -0.3 is 0 Å². The van der Waals surface area contributed by atoms with E-state index in [2.05, 4.69) is 21.0 Å². The zero-order valence-corrected chi connectivity index (χ0v) is 11.1. The third-order valence-corrected chi connectivity index (χ3v) is 3.50. The van der Waals surface area contributed by atoms with E-state index in [1.54, 1.807) is 11.6 Å². The number of nitrogens with zero attached hydrogens (tertiary/aromatic N) is 2. The van der Waals surface area contributed by atoms with Crippen LogP contribution < -0.4 is 0 Å². The predicted octanol–water partition coefficient (Wildman–Crippen LogP) is 3.92. The van der Waals surface area contributed by atoms with Crippen LogP contribution in [0.1, 0.15) is 12.6 Å². The fourth-order valence-electron chi connectivity index (χ4n) is 1.75. The fourth-order valence-corrected chi connectivity index (χ4v) is 2.23. The van der Waals surface area contributed by atoms with Gasteiger partial charge in [-0.1, -0.05) is 6.07 Å². The molecule has 1 aromatic carbocycles. The Kier molecular flexibility index (Phi) is 3.28. The van der Waals surface area contributed by atoms with Crippen LogP contribution in [0.2, 0.25) is 0 Å². The average Bonchev–Trinajstić information content (AvgIpc) is 2.56. The highest BCUT2D eigenvalue weighted by molar-refractivity contribution is 9.10. The number of aryl methyl sites for hydroxylation is 2. The van der Waals surface area contributed by atoms with Crippen molar-refractivity contribution in [3.63, 3.8) is 0 Å². The van der Waals surface area contributed by atoms with Gasteiger partial charge in [-0.2, -0.15) is 5.10 Å². The lowest BCUT2D eigenvalue weighted by molar-refractivity contribution is 0.580. The zero-order chi connectivity index (χ0) is 12.6. The van der Waals surface area contributed by atoms with Crippen LogP contribution in [0.25, 0.3) is 11.3 Å². The minimum absolute atomic E-state index is 0.0400. The third kappa shape index (κ3) is 1.99. The first-order chi connectivity index (χ1) is 8.06. The summed E-state index contributed by atoms with van der Waals surface area (Å²) in [6, 6.07) is 3.84. The van der Waals surface area contributed by atoms with Crippen LogP contribution in [0.3, 0.4) is 0 Å². The second-order valence-corrected chi connectivity index (χ2v) is 4.45. The number of hydrogen-bond acceptors (Lipinski definition) is 1. The van der Waals surface area contributed by atoms with Gasteiger partial charge >= 0.3 is 0 Å². The number of hydrogen-bond donors (Lipinski definition) is 0. The van der Waals surface area contributed by atoms with E-state index in [4.69, 9.17) is 0 Å². The monoisotopic (exact) mass is 300 g/mol. The van der Waals surface area contributed by atoms with Crippen LogP contribution in [0.4, 0.5) is 8.78 Å². The molecule has 0 radical (unpaired) electrons. The molecule has 0 bridgehead atoms. The van der Waals surface area contributed by atoms with Crippen molar-refractivity contribution in [2.24, 2.45) is 0 Å². The van der Waals surface area contributed by atoms with E-state index >= 15 is 0 Å². The van der Waals surface area contributed by atoms with Crippen molar-refractivity contribution >= 4 is 15.9 Å². The molecule has 90 valence electrons. The van der Waals surface area contributed by atoms with Crippen LogP contribution in [0.5, 0.6) is 0 Å². The molecule has 1 aromatic heterocycles. The summed E-state index contributed by atoms with van der Waals surface area (Å²) < 4.78 is 29.7. The van der Waals surface area contributed by atoms with Crippen molar-refractivity contribution in [1.29, 1.82) is 0 Å². The Hall–Kier alpha value is -1.23. The van der Waals surface area contributed by atoms with Gasteiger partial charge in [-0.3, -0.25) is 4.68 Å². The fraction of sp³-hybridized carbons (Fsp3) is 0.250. The predicted molar refractivity (Wildman–Crippen MR) is 65.7 cm³/mol. The Labute approximate surface area is 106 Å². The quantitative estimate of drug-likeness (QED) is 0.822. The van der Waals surface area contributed by atoms with Crippen molar-refractivity contribution in [2.75, 3.05) is 0 Å². The molecule has 2 rings (SSSR count). The average molecular weight is 301 g/mol. The van der Waals surface area contributed by atoms with E-state index in [1.807, 2.05) is 6.92 Å². The zero-order valence-electron chi connectivity index (χ0n) is 9.47. The van der Waals surface area contributed by atoms with Crippen molar-refractivity contribution < 1.29 is 8.78 Å². The van der Waals surface area contributed by atoms with Crippen LogP contribution in [-0.2, 0) is 6.54 Å². The summed E-state index contributed by atoms with van der Waals surface area (Å²) in [6.45, 7) is 4.22. The molecule has 0 aliphatic heterocycles. The maximum absolute atomic E-state index is 13.7. The highest BCUT2D eigenvalue weighted by atomic mass is 79.9. The molecular weight excluding hydrogens is 290 g/mol. The van der Waals surface area contributed by atoms with Crippen molar-refractivity contribution in [3.05, 3.63) is 40.0 Å². The smallest absolute Gasteiger partial charge is 0.135 e. The Balaban J connectivity index is 2.76. The molecule has 0 fully saturated rings. The Bertz CT molecular complexity index is 544. The molecule has 0 amide bonds. The normalized spacial score (nSPS) is 10.9. The van der Waals surface area contributed by atoms with Gasteiger partial charge in [0, 0.05) is 6.54 Å². The number of rotatable bonds is 2. The SMILES string of the molecule is CCn1nc(C)c(Br)c1-c1c(F)cccc1F. The standard InChI is InChI=1S/C12H11BrF2N2/c1-3-17-12(11(13)7(2)16-17)10-8(14)5-4-6-9(10)15/h4-6H,3H2,1-2H3. The van der Waals surface area contributed by atoms with E-state index in [0.717, 1.165) is 0 Å². The Morgan fingerprint density at radius 2 is 1.88 bits per heavy atom. The van der Waals surface area contributed by atoms with Gasteiger partial charge in [0.15, 0.2) is 0 Å². The van der Waals surface area contributed by atoms with Gasteiger partial charge in [-0.25, -0.2) is 8.78 Å².